The molecule has 0 N–H and O–H groups in total. The molecule has 140 valence electrons. The van der Waals surface area contributed by atoms with Gasteiger partial charge in [-0.05, 0) is 31.0 Å². The van der Waals surface area contributed by atoms with E-state index in [4.69, 9.17) is 11.6 Å². The molecule has 2 heterocycles. The molecule has 2 saturated heterocycles. The van der Waals surface area contributed by atoms with Gasteiger partial charge in [-0.3, -0.25) is 4.79 Å². The molecular weight excluding hydrogens is 400 g/mol. The average molecular weight is 416 g/mol. The summed E-state index contributed by atoms with van der Waals surface area (Å²) < 4.78 is 24.0. The van der Waals surface area contributed by atoms with Crippen LogP contribution in [0, 0.1) is 6.92 Å². The van der Waals surface area contributed by atoms with Crippen molar-refractivity contribution in [3.8, 4) is 0 Å². The second kappa shape index (κ2) is 7.21. The number of halogens is 1. The quantitative estimate of drug-likeness (QED) is 0.715. The number of anilines is 1. The van der Waals surface area contributed by atoms with Crippen LogP contribution in [-0.4, -0.2) is 48.3 Å². The minimum absolute atomic E-state index is 0.0185. The maximum atomic E-state index is 12.0. The Morgan fingerprint density at radius 2 is 2.08 bits per heavy atom. The zero-order valence-electron chi connectivity index (χ0n) is 13.8. The molecule has 0 radical (unpaired) electrons. The summed E-state index contributed by atoms with van der Waals surface area (Å²) in [5.74, 6) is -1.90. The van der Waals surface area contributed by atoms with Crippen molar-refractivity contribution in [1.82, 2.24) is 0 Å². The normalized spacial score (nSPS) is 25.5. The summed E-state index contributed by atoms with van der Waals surface area (Å²) >= 11 is 7.43. The molecule has 2 aliphatic rings. The van der Waals surface area contributed by atoms with Gasteiger partial charge in [0.15, 0.2) is 15.0 Å². The lowest BCUT2D eigenvalue weighted by atomic mass is 10.1. The smallest absolute Gasteiger partial charge is 0.248 e. The second-order valence-electron chi connectivity index (χ2n) is 6.26. The number of hydrogen-bond acceptors (Lipinski definition) is 6. The maximum absolute atomic E-state index is 12.0. The lowest BCUT2D eigenvalue weighted by Crippen LogP contribution is -2.37. The van der Waals surface area contributed by atoms with Crippen molar-refractivity contribution in [2.24, 2.45) is 4.99 Å². The van der Waals surface area contributed by atoms with Crippen molar-refractivity contribution in [2.45, 2.75) is 31.1 Å². The fourth-order valence-corrected chi connectivity index (χ4v) is 7.08. The summed E-state index contributed by atoms with van der Waals surface area (Å²) in [7, 11) is -3.16. The number of amides is 1. The molecule has 0 aliphatic carbocycles. The molecule has 0 saturated carbocycles. The first-order valence-corrected chi connectivity index (χ1v) is 11.0. The monoisotopic (exact) mass is 415 g/mol. The predicted molar refractivity (Wildman–Crippen MR) is 99.2 cm³/mol. The SMILES string of the molecule is Cc1ccc(N2C(=NC(=O)CCC(=O)[O-])S[C@H]3CS(=O)(=O)C[C@H]32)cc1Cl. The summed E-state index contributed by atoms with van der Waals surface area (Å²) in [5.41, 5.74) is 1.53. The highest BCUT2D eigenvalue weighted by molar-refractivity contribution is 8.16. The summed E-state index contributed by atoms with van der Waals surface area (Å²) in [4.78, 5) is 28.3. The Morgan fingerprint density at radius 3 is 2.73 bits per heavy atom. The number of aliphatic imine (C=N–C) groups is 1. The Labute approximate surface area is 160 Å². The number of sulfone groups is 1. The van der Waals surface area contributed by atoms with E-state index < -0.39 is 28.1 Å². The average Bonchev–Trinajstić information content (AvgIpc) is 2.99. The fraction of sp³-hybridized carbons (Fsp3) is 0.438. The molecule has 2 atom stereocenters. The Kier molecular flexibility index (Phi) is 5.32. The minimum Gasteiger partial charge on any atom is -0.550 e. The highest BCUT2D eigenvalue weighted by Crippen LogP contribution is 2.41. The van der Waals surface area contributed by atoms with Gasteiger partial charge in [-0.15, -0.1) is 0 Å². The zero-order valence-corrected chi connectivity index (χ0v) is 16.2. The number of aliphatic carboxylic acids is 1. The zero-order chi connectivity index (χ0) is 19.1. The van der Waals surface area contributed by atoms with Crippen LogP contribution >= 0.6 is 23.4 Å². The van der Waals surface area contributed by atoms with Crippen LogP contribution in [0.1, 0.15) is 18.4 Å². The second-order valence-corrected chi connectivity index (χ2v) is 10.0. The van der Waals surface area contributed by atoms with Crippen molar-refractivity contribution in [3.63, 3.8) is 0 Å². The summed E-state index contributed by atoms with van der Waals surface area (Å²) in [6, 6.07) is 4.99. The number of benzene rings is 1. The number of rotatable bonds is 4. The van der Waals surface area contributed by atoms with E-state index >= 15 is 0 Å². The van der Waals surface area contributed by atoms with E-state index in [0.29, 0.717) is 15.9 Å². The van der Waals surface area contributed by atoms with Crippen LogP contribution in [0.2, 0.25) is 5.02 Å². The van der Waals surface area contributed by atoms with Gasteiger partial charge in [0.05, 0.1) is 17.5 Å². The van der Waals surface area contributed by atoms with Crippen molar-refractivity contribution in [1.29, 1.82) is 0 Å². The molecule has 0 aromatic heterocycles. The van der Waals surface area contributed by atoms with E-state index in [0.717, 1.165) is 5.56 Å². The maximum Gasteiger partial charge on any atom is 0.248 e. The van der Waals surface area contributed by atoms with Crippen LogP contribution < -0.4 is 10.0 Å². The molecule has 7 nitrogen and oxygen atoms in total. The molecule has 0 unspecified atom stereocenters. The number of amidine groups is 1. The van der Waals surface area contributed by atoms with Gasteiger partial charge in [0.2, 0.25) is 5.91 Å². The molecule has 26 heavy (non-hydrogen) atoms. The van der Waals surface area contributed by atoms with Crippen molar-refractivity contribution in [2.75, 3.05) is 16.4 Å². The standard InChI is InChI=1S/C16H17ClN2O5S2/c1-9-2-3-10(6-11(9)17)19-12-7-26(23,24)8-13(12)25-16(19)18-14(20)4-5-15(21)22/h2-3,6,12-13H,4-5,7-8H2,1H3,(H,21,22)/p-1/t12-,13+/m1/s1. The van der Waals surface area contributed by atoms with Crippen LogP contribution in [0.25, 0.3) is 0 Å². The number of aryl methyl sites for hydroxylation is 1. The summed E-state index contributed by atoms with van der Waals surface area (Å²) in [5, 5.41) is 11.2. The largest absolute Gasteiger partial charge is 0.550 e. The van der Waals surface area contributed by atoms with Crippen molar-refractivity contribution >= 4 is 55.9 Å². The Balaban J connectivity index is 1.94. The first-order chi connectivity index (χ1) is 12.2. The van der Waals surface area contributed by atoms with Gasteiger partial charge in [0.25, 0.3) is 0 Å². The number of carboxylic acids is 1. The minimum atomic E-state index is -3.16. The first-order valence-electron chi connectivity index (χ1n) is 7.90. The van der Waals surface area contributed by atoms with E-state index in [-0.39, 0.29) is 29.2 Å². The van der Waals surface area contributed by atoms with Gasteiger partial charge in [-0.1, -0.05) is 29.4 Å². The molecule has 3 rings (SSSR count). The third-order valence-corrected chi connectivity index (χ3v) is 7.88. The number of carboxylic acid groups (broad SMARTS) is 1. The van der Waals surface area contributed by atoms with E-state index in [1.54, 1.807) is 17.0 Å². The Morgan fingerprint density at radius 1 is 1.35 bits per heavy atom. The third-order valence-electron chi connectivity index (χ3n) is 4.26. The molecule has 2 fully saturated rings. The van der Waals surface area contributed by atoms with E-state index in [1.165, 1.54) is 11.8 Å². The lowest BCUT2D eigenvalue weighted by molar-refractivity contribution is -0.305. The van der Waals surface area contributed by atoms with Gasteiger partial charge in [0.1, 0.15) is 0 Å². The summed E-state index contributed by atoms with van der Waals surface area (Å²) in [6.07, 6.45) is -0.666. The van der Waals surface area contributed by atoms with Crippen LogP contribution in [0.3, 0.4) is 0 Å². The van der Waals surface area contributed by atoms with Crippen LogP contribution in [0.5, 0.6) is 0 Å². The summed E-state index contributed by atoms with van der Waals surface area (Å²) in [6.45, 7) is 1.85. The lowest BCUT2D eigenvalue weighted by Gasteiger charge is -2.25. The number of carbonyl (C=O) groups excluding carboxylic acids is 2. The van der Waals surface area contributed by atoms with Gasteiger partial charge in [-0.2, -0.15) is 4.99 Å². The number of thioether (sulfide) groups is 1. The molecule has 1 amide bonds. The molecule has 2 aliphatic heterocycles. The van der Waals surface area contributed by atoms with Crippen LogP contribution in [0.15, 0.2) is 23.2 Å². The topological polar surface area (TPSA) is 107 Å². The third kappa shape index (κ3) is 4.05. The number of hydrogen-bond donors (Lipinski definition) is 0. The van der Waals surface area contributed by atoms with Gasteiger partial charge in [0, 0.05) is 28.4 Å². The number of nitrogens with zero attached hydrogens (tertiary/aromatic N) is 2. The highest BCUT2D eigenvalue weighted by atomic mass is 35.5. The first kappa shape index (κ1) is 19.2. The predicted octanol–water partition coefficient (Wildman–Crippen LogP) is 0.780. The molecular formula is C16H16ClN2O5S2-. The van der Waals surface area contributed by atoms with Crippen LogP contribution in [-0.2, 0) is 19.4 Å². The van der Waals surface area contributed by atoms with Crippen molar-refractivity contribution < 1.29 is 23.1 Å². The van der Waals surface area contributed by atoms with Crippen molar-refractivity contribution in [3.05, 3.63) is 28.8 Å². The van der Waals surface area contributed by atoms with E-state index in [1.807, 2.05) is 13.0 Å². The fourth-order valence-electron chi connectivity index (χ4n) is 2.97. The molecule has 10 heteroatoms. The van der Waals surface area contributed by atoms with Crippen LogP contribution in [0.4, 0.5) is 5.69 Å². The molecule has 1 aromatic carbocycles. The Hall–Kier alpha value is -1.58. The van der Waals surface area contributed by atoms with Gasteiger partial charge in [-0.25, -0.2) is 8.42 Å². The Bertz CT molecular complexity index is 900. The molecule has 0 spiro atoms. The number of fused-ring (bicyclic) bond motifs is 1. The number of carbonyl (C=O) groups is 2. The van der Waals surface area contributed by atoms with Gasteiger partial charge >= 0.3 is 0 Å². The molecule has 1 aromatic rings. The molecule has 0 bridgehead atoms. The van der Waals surface area contributed by atoms with E-state index in [2.05, 4.69) is 4.99 Å². The van der Waals surface area contributed by atoms with Gasteiger partial charge < -0.3 is 14.8 Å². The highest BCUT2D eigenvalue weighted by Gasteiger charge is 2.49. The van der Waals surface area contributed by atoms with E-state index in [9.17, 15) is 23.1 Å².